The standard InChI is InChI=1S/C24H24Br2F2N2O5S2/c1-33-18-9-13(10-19(34-2)22(18)35-3)8-14-12-36-24(29-14)30-6-4-15(5-7-30)37(31,32)23-20(26)17(27)11-16(25)21(23)28/h9-12,15H,4-8H2,1-3H3. The maximum atomic E-state index is 14.7. The van der Waals surface area contributed by atoms with Crippen LogP contribution >= 0.6 is 43.2 Å². The van der Waals surface area contributed by atoms with Crippen LogP contribution in [0.25, 0.3) is 0 Å². The highest BCUT2D eigenvalue weighted by Crippen LogP contribution is 2.40. The fourth-order valence-electron chi connectivity index (χ4n) is 4.29. The maximum Gasteiger partial charge on any atom is 0.203 e. The number of hydrogen-bond donors (Lipinski definition) is 0. The molecule has 37 heavy (non-hydrogen) atoms. The highest BCUT2D eigenvalue weighted by Gasteiger charge is 2.37. The Morgan fingerprint density at radius 2 is 1.68 bits per heavy atom. The normalized spacial score (nSPS) is 14.6. The minimum atomic E-state index is -4.10. The van der Waals surface area contributed by atoms with Gasteiger partial charge in [0, 0.05) is 24.9 Å². The van der Waals surface area contributed by atoms with Gasteiger partial charge in [-0.1, -0.05) is 0 Å². The molecule has 0 N–H and O–H groups in total. The van der Waals surface area contributed by atoms with E-state index in [1.165, 1.54) is 11.3 Å². The minimum absolute atomic E-state index is 0.230. The number of rotatable bonds is 8. The minimum Gasteiger partial charge on any atom is -0.493 e. The summed E-state index contributed by atoms with van der Waals surface area (Å²) in [5, 5.41) is 1.90. The first-order valence-corrected chi connectivity index (χ1v) is 15.2. The van der Waals surface area contributed by atoms with E-state index in [1.54, 1.807) is 21.3 Å². The van der Waals surface area contributed by atoms with Crippen LogP contribution in [-0.2, 0) is 16.3 Å². The van der Waals surface area contributed by atoms with E-state index < -0.39 is 31.6 Å². The second-order valence-corrected chi connectivity index (χ2v) is 13.0. The van der Waals surface area contributed by atoms with Crippen molar-refractivity contribution >= 4 is 58.2 Å². The number of anilines is 1. The Kier molecular flexibility index (Phi) is 8.66. The van der Waals surface area contributed by atoms with E-state index in [0.29, 0.717) is 36.8 Å². The van der Waals surface area contributed by atoms with Gasteiger partial charge in [-0.05, 0) is 68.5 Å². The third kappa shape index (κ3) is 5.59. The number of thiazole rings is 1. The molecule has 7 nitrogen and oxygen atoms in total. The van der Waals surface area contributed by atoms with Crippen LogP contribution in [0.5, 0.6) is 17.2 Å². The van der Waals surface area contributed by atoms with Crippen molar-refractivity contribution in [2.24, 2.45) is 0 Å². The summed E-state index contributed by atoms with van der Waals surface area (Å²) in [6.45, 7) is 0.855. The van der Waals surface area contributed by atoms with Gasteiger partial charge in [-0.15, -0.1) is 11.3 Å². The molecule has 0 spiro atoms. The van der Waals surface area contributed by atoms with Gasteiger partial charge < -0.3 is 19.1 Å². The number of methoxy groups -OCH3 is 3. The van der Waals surface area contributed by atoms with Gasteiger partial charge in [0.2, 0.25) is 5.75 Å². The van der Waals surface area contributed by atoms with Crippen molar-refractivity contribution in [3.8, 4) is 17.2 Å². The van der Waals surface area contributed by atoms with Crippen molar-refractivity contribution in [2.75, 3.05) is 39.3 Å². The monoisotopic (exact) mass is 680 g/mol. The molecule has 1 fully saturated rings. The first-order chi connectivity index (χ1) is 17.6. The van der Waals surface area contributed by atoms with Gasteiger partial charge >= 0.3 is 0 Å². The van der Waals surface area contributed by atoms with E-state index in [-0.39, 0.29) is 21.8 Å². The maximum absolute atomic E-state index is 14.7. The van der Waals surface area contributed by atoms with Crippen LogP contribution in [0.4, 0.5) is 13.9 Å². The highest BCUT2D eigenvalue weighted by atomic mass is 79.9. The molecule has 4 rings (SSSR count). The summed E-state index contributed by atoms with van der Waals surface area (Å²) in [5.74, 6) is -0.199. The van der Waals surface area contributed by atoms with Gasteiger partial charge in [0.1, 0.15) is 10.7 Å². The van der Waals surface area contributed by atoms with Crippen LogP contribution < -0.4 is 19.1 Å². The molecule has 0 atom stereocenters. The summed E-state index contributed by atoms with van der Waals surface area (Å²) in [6.07, 6.45) is 1.08. The van der Waals surface area contributed by atoms with E-state index in [0.717, 1.165) is 22.5 Å². The molecule has 0 bridgehead atoms. The lowest BCUT2D eigenvalue weighted by molar-refractivity contribution is 0.324. The molecule has 2 aromatic carbocycles. The number of sulfone groups is 1. The number of hydrogen-bond acceptors (Lipinski definition) is 8. The number of aromatic nitrogens is 1. The SMILES string of the molecule is COc1cc(Cc2csc(N3CCC(S(=O)(=O)c4c(F)c(Br)cc(F)c4Br)CC3)n2)cc(OC)c1OC. The van der Waals surface area contributed by atoms with Gasteiger partial charge in [-0.25, -0.2) is 22.2 Å². The average molecular weight is 682 g/mol. The number of benzene rings is 2. The molecule has 200 valence electrons. The lowest BCUT2D eigenvalue weighted by atomic mass is 10.1. The quantitative estimate of drug-likeness (QED) is 0.270. The second kappa shape index (κ2) is 11.4. The van der Waals surface area contributed by atoms with E-state index in [4.69, 9.17) is 19.2 Å². The number of piperidine rings is 1. The zero-order valence-electron chi connectivity index (χ0n) is 20.2. The molecular formula is C24H24Br2F2N2O5S2. The van der Waals surface area contributed by atoms with Crippen molar-refractivity contribution in [3.63, 3.8) is 0 Å². The van der Waals surface area contributed by atoms with E-state index in [9.17, 15) is 17.2 Å². The van der Waals surface area contributed by atoms with E-state index in [1.807, 2.05) is 22.4 Å². The summed E-state index contributed by atoms with van der Waals surface area (Å²) in [7, 11) is 0.574. The van der Waals surface area contributed by atoms with Crippen LogP contribution in [0.1, 0.15) is 24.1 Å². The predicted octanol–water partition coefficient (Wildman–Crippen LogP) is 6.01. The average Bonchev–Trinajstić information content (AvgIpc) is 3.35. The Hall–Kier alpha value is -1.96. The lowest BCUT2D eigenvalue weighted by Gasteiger charge is -2.31. The molecule has 0 unspecified atom stereocenters. The molecule has 13 heteroatoms. The molecule has 1 aliphatic heterocycles. The van der Waals surface area contributed by atoms with Crippen LogP contribution in [0, 0.1) is 11.6 Å². The first-order valence-electron chi connectivity index (χ1n) is 11.2. The van der Waals surface area contributed by atoms with Gasteiger partial charge in [0.25, 0.3) is 0 Å². The van der Waals surface area contributed by atoms with Crippen molar-refractivity contribution in [2.45, 2.75) is 29.4 Å². The molecule has 1 saturated heterocycles. The topological polar surface area (TPSA) is 78.0 Å². The Morgan fingerprint density at radius 3 is 2.24 bits per heavy atom. The Labute approximate surface area is 234 Å². The Balaban J connectivity index is 1.47. The summed E-state index contributed by atoms with van der Waals surface area (Å²) in [5.41, 5.74) is 1.78. The third-order valence-corrected chi connectivity index (χ3v) is 11.0. The second-order valence-electron chi connectivity index (χ2n) is 8.36. The van der Waals surface area contributed by atoms with Crippen molar-refractivity contribution in [1.82, 2.24) is 4.98 Å². The smallest absolute Gasteiger partial charge is 0.203 e. The van der Waals surface area contributed by atoms with Crippen molar-refractivity contribution in [1.29, 1.82) is 0 Å². The number of halogens is 4. The summed E-state index contributed by atoms with van der Waals surface area (Å²) < 4.78 is 70.9. The summed E-state index contributed by atoms with van der Waals surface area (Å²) in [4.78, 5) is 6.12. The third-order valence-electron chi connectivity index (χ3n) is 6.16. The number of nitrogens with zero attached hydrogens (tertiary/aromatic N) is 2. The fraction of sp³-hybridized carbons (Fsp3) is 0.375. The molecule has 2 heterocycles. The molecule has 1 aromatic heterocycles. The molecule has 0 saturated carbocycles. The lowest BCUT2D eigenvalue weighted by Crippen LogP contribution is -2.39. The van der Waals surface area contributed by atoms with Gasteiger partial charge in [-0.3, -0.25) is 0 Å². The van der Waals surface area contributed by atoms with Gasteiger partial charge in [0.15, 0.2) is 32.3 Å². The van der Waals surface area contributed by atoms with E-state index in [2.05, 4.69) is 31.9 Å². The molecule has 3 aromatic rings. The Morgan fingerprint density at radius 1 is 1.05 bits per heavy atom. The van der Waals surface area contributed by atoms with Crippen LogP contribution in [0.2, 0.25) is 0 Å². The largest absolute Gasteiger partial charge is 0.493 e. The van der Waals surface area contributed by atoms with Gasteiger partial charge in [-0.2, -0.15) is 0 Å². The van der Waals surface area contributed by atoms with Gasteiger partial charge in [0.05, 0.1) is 41.2 Å². The summed E-state index contributed by atoms with van der Waals surface area (Å²) in [6, 6.07) is 4.65. The van der Waals surface area contributed by atoms with E-state index >= 15 is 0 Å². The van der Waals surface area contributed by atoms with Crippen molar-refractivity contribution < 1.29 is 31.4 Å². The fourth-order valence-corrected chi connectivity index (χ4v) is 8.54. The molecule has 0 amide bonds. The summed E-state index contributed by atoms with van der Waals surface area (Å²) >= 11 is 7.29. The van der Waals surface area contributed by atoms with Crippen LogP contribution in [-0.4, -0.2) is 53.1 Å². The molecule has 0 radical (unpaired) electrons. The highest BCUT2D eigenvalue weighted by molar-refractivity contribution is 9.11. The van der Waals surface area contributed by atoms with Crippen LogP contribution in [0.15, 0.2) is 37.4 Å². The number of ether oxygens (including phenoxy) is 3. The predicted molar refractivity (Wildman–Crippen MR) is 145 cm³/mol. The molecule has 1 aliphatic rings. The zero-order valence-corrected chi connectivity index (χ0v) is 25.0. The van der Waals surface area contributed by atoms with Crippen molar-refractivity contribution in [3.05, 3.63) is 55.4 Å². The van der Waals surface area contributed by atoms with Crippen LogP contribution in [0.3, 0.4) is 0 Å². The molecule has 0 aliphatic carbocycles. The molecular weight excluding hydrogens is 658 g/mol. The first kappa shape index (κ1) is 28.1. The Bertz CT molecular complexity index is 1360. The zero-order chi connectivity index (χ0) is 26.9.